The number of hydrogen-bond donors (Lipinski definition) is 3. The molecule has 3 atom stereocenters. The lowest BCUT2D eigenvalue weighted by Crippen LogP contribution is -2.48. The van der Waals surface area contributed by atoms with Gasteiger partial charge in [-0.15, -0.1) is 0 Å². The zero-order valence-electron chi connectivity index (χ0n) is 20.8. The summed E-state index contributed by atoms with van der Waals surface area (Å²) >= 11 is 0. The number of nitrogens with one attached hydrogen (secondary N) is 2. The van der Waals surface area contributed by atoms with Gasteiger partial charge in [0.05, 0.1) is 18.5 Å². The second kappa shape index (κ2) is 11.2. The van der Waals surface area contributed by atoms with Crippen LogP contribution in [-0.2, 0) is 14.4 Å². The van der Waals surface area contributed by atoms with Crippen molar-refractivity contribution in [2.75, 3.05) is 12.4 Å². The van der Waals surface area contributed by atoms with Crippen LogP contribution in [0.1, 0.15) is 43.2 Å². The van der Waals surface area contributed by atoms with Crippen molar-refractivity contribution >= 4 is 29.1 Å². The Morgan fingerprint density at radius 3 is 2.45 bits per heavy atom. The van der Waals surface area contributed by atoms with Crippen LogP contribution in [-0.4, -0.2) is 42.9 Å². The van der Waals surface area contributed by atoms with E-state index in [1.165, 1.54) is 7.11 Å². The van der Waals surface area contributed by atoms with Crippen molar-refractivity contribution in [2.24, 2.45) is 28.5 Å². The Hall–Kier alpha value is -3.89. The lowest BCUT2D eigenvalue weighted by Gasteiger charge is -2.26. The molecule has 1 heterocycles. The van der Waals surface area contributed by atoms with Crippen LogP contribution in [0, 0.1) is 17.8 Å². The van der Waals surface area contributed by atoms with Crippen LogP contribution in [0.2, 0.25) is 0 Å². The maximum Gasteiger partial charge on any atom is 0.389 e. The summed E-state index contributed by atoms with van der Waals surface area (Å²) < 4.78 is 44.7. The molecule has 0 radical (unpaired) electrons. The third-order valence-corrected chi connectivity index (χ3v) is 6.79. The number of fused-ring (bicyclic) bond motifs is 1. The first-order chi connectivity index (χ1) is 18.1. The number of aliphatic imine (C=N–C) groups is 1. The second-order valence-corrected chi connectivity index (χ2v) is 9.58. The maximum absolute atomic E-state index is 13.4. The molecular formula is C27H29F3N4O4. The van der Waals surface area contributed by atoms with E-state index in [0.29, 0.717) is 28.3 Å². The van der Waals surface area contributed by atoms with Gasteiger partial charge in [0.1, 0.15) is 5.75 Å². The number of nitrogens with zero attached hydrogens (tertiary/aromatic N) is 1. The van der Waals surface area contributed by atoms with Crippen LogP contribution in [0.15, 0.2) is 53.5 Å². The topological polar surface area (TPSA) is 123 Å². The first-order valence-electron chi connectivity index (χ1n) is 12.3. The smallest absolute Gasteiger partial charge is 0.389 e. The lowest BCUT2D eigenvalue weighted by atomic mass is 9.83. The number of benzodiazepines with no additional fused rings is 1. The Bertz CT molecular complexity index is 1230. The minimum atomic E-state index is -4.53. The fourth-order valence-electron chi connectivity index (χ4n) is 4.67. The number of para-hydroxylation sites is 1. The Kier molecular flexibility index (Phi) is 8.03. The SMILES string of the molecule is COc1cccc2c1NC(=O)C(NC(=O)C(CCC(F)(F)F)C(CC1CC1)C(N)=O)N=C2c1ccccc1. The molecule has 3 amide bonds. The number of carbonyl (C=O) groups is 3. The summed E-state index contributed by atoms with van der Waals surface area (Å²) in [6, 6.07) is 14.1. The van der Waals surface area contributed by atoms with Crippen LogP contribution < -0.4 is 21.1 Å². The first-order valence-corrected chi connectivity index (χ1v) is 12.3. The number of methoxy groups -OCH3 is 1. The Morgan fingerprint density at radius 1 is 1.13 bits per heavy atom. The van der Waals surface area contributed by atoms with Crippen molar-refractivity contribution in [3.8, 4) is 5.75 Å². The molecule has 0 bridgehead atoms. The Morgan fingerprint density at radius 2 is 1.84 bits per heavy atom. The molecule has 1 aliphatic carbocycles. The number of amides is 3. The summed E-state index contributed by atoms with van der Waals surface area (Å²) in [6.45, 7) is 0. The summed E-state index contributed by atoms with van der Waals surface area (Å²) in [7, 11) is 1.44. The number of primary amides is 1. The van der Waals surface area contributed by atoms with Gasteiger partial charge in [0, 0.05) is 29.4 Å². The van der Waals surface area contributed by atoms with E-state index in [-0.39, 0.29) is 12.3 Å². The van der Waals surface area contributed by atoms with Crippen molar-refractivity contribution in [1.82, 2.24) is 5.32 Å². The molecule has 2 aliphatic rings. The van der Waals surface area contributed by atoms with Gasteiger partial charge in [0.15, 0.2) is 0 Å². The molecule has 0 saturated heterocycles. The Balaban J connectivity index is 1.69. The number of carbonyl (C=O) groups excluding carboxylic acids is 3. The first kappa shape index (κ1) is 27.2. The Labute approximate surface area is 217 Å². The van der Waals surface area contributed by atoms with Gasteiger partial charge >= 0.3 is 6.18 Å². The highest BCUT2D eigenvalue weighted by Gasteiger charge is 2.41. The molecule has 1 saturated carbocycles. The van der Waals surface area contributed by atoms with Crippen LogP contribution in [0.25, 0.3) is 0 Å². The van der Waals surface area contributed by atoms with Gasteiger partial charge in [-0.3, -0.25) is 14.4 Å². The van der Waals surface area contributed by atoms with E-state index in [0.717, 1.165) is 12.8 Å². The molecule has 202 valence electrons. The summed E-state index contributed by atoms with van der Waals surface area (Å²) in [5.74, 6) is -4.37. The van der Waals surface area contributed by atoms with Crippen molar-refractivity contribution in [3.05, 3.63) is 59.7 Å². The number of hydrogen-bond acceptors (Lipinski definition) is 5. The van der Waals surface area contributed by atoms with Crippen LogP contribution in [0.5, 0.6) is 5.75 Å². The minimum absolute atomic E-state index is 0.138. The zero-order valence-corrected chi connectivity index (χ0v) is 20.8. The normalized spacial score (nSPS) is 18.8. The fraction of sp³-hybridized carbons (Fsp3) is 0.407. The number of benzene rings is 2. The highest BCUT2D eigenvalue weighted by molar-refractivity contribution is 6.20. The molecule has 2 aromatic rings. The van der Waals surface area contributed by atoms with Crippen LogP contribution >= 0.6 is 0 Å². The summed E-state index contributed by atoms with van der Waals surface area (Å²) in [4.78, 5) is 43.4. The van der Waals surface area contributed by atoms with E-state index in [1.54, 1.807) is 42.5 Å². The van der Waals surface area contributed by atoms with Crippen LogP contribution in [0.4, 0.5) is 18.9 Å². The number of alkyl halides is 3. The van der Waals surface area contributed by atoms with Gasteiger partial charge in [0.2, 0.25) is 18.0 Å². The standard InChI is InChI=1S/C27H29F3N4O4/c1-38-20-9-5-8-18-21(16-6-3-2-4-7-16)32-24(26(37)33-22(18)20)34-25(36)17(12-13-27(28,29)30)19(23(31)35)14-15-10-11-15/h2-9,15,17,19,24H,10-14H2,1H3,(H2,31,35)(H,33,37)(H,34,36). The minimum Gasteiger partial charge on any atom is -0.495 e. The number of nitrogens with two attached hydrogens (primary N) is 1. The third kappa shape index (κ3) is 6.51. The van der Waals surface area contributed by atoms with Crippen molar-refractivity contribution in [2.45, 2.75) is 44.4 Å². The van der Waals surface area contributed by atoms with E-state index in [9.17, 15) is 27.6 Å². The van der Waals surface area contributed by atoms with E-state index in [2.05, 4.69) is 15.6 Å². The molecule has 1 aliphatic heterocycles. The van der Waals surface area contributed by atoms with Gasteiger partial charge in [-0.1, -0.05) is 55.3 Å². The van der Waals surface area contributed by atoms with Crippen LogP contribution in [0.3, 0.4) is 0 Å². The number of ether oxygens (including phenoxy) is 1. The maximum atomic E-state index is 13.4. The molecule has 1 fully saturated rings. The van der Waals surface area contributed by atoms with E-state index >= 15 is 0 Å². The third-order valence-electron chi connectivity index (χ3n) is 6.79. The van der Waals surface area contributed by atoms with Crippen molar-refractivity contribution in [1.29, 1.82) is 0 Å². The zero-order chi connectivity index (χ0) is 27.4. The summed E-state index contributed by atoms with van der Waals surface area (Å²) in [5, 5.41) is 5.21. The van der Waals surface area contributed by atoms with Gasteiger partial charge in [0.25, 0.3) is 5.91 Å². The molecule has 2 aromatic carbocycles. The molecule has 3 unspecified atom stereocenters. The van der Waals surface area contributed by atoms with Crippen molar-refractivity contribution < 1.29 is 32.3 Å². The average molecular weight is 531 g/mol. The van der Waals surface area contributed by atoms with Gasteiger partial charge in [-0.05, 0) is 24.8 Å². The molecule has 4 N–H and O–H groups in total. The van der Waals surface area contributed by atoms with E-state index in [1.807, 2.05) is 6.07 Å². The number of rotatable bonds is 10. The number of halogens is 3. The molecular weight excluding hydrogens is 501 g/mol. The second-order valence-electron chi connectivity index (χ2n) is 9.58. The molecule has 8 nitrogen and oxygen atoms in total. The summed E-state index contributed by atoms with van der Waals surface area (Å²) in [6.07, 6.45) is -6.02. The highest BCUT2D eigenvalue weighted by Crippen LogP contribution is 2.39. The highest BCUT2D eigenvalue weighted by atomic mass is 19.4. The average Bonchev–Trinajstić information content (AvgIpc) is 3.71. The molecule has 11 heteroatoms. The predicted molar refractivity (Wildman–Crippen MR) is 134 cm³/mol. The van der Waals surface area contributed by atoms with Gasteiger partial charge in [-0.2, -0.15) is 13.2 Å². The molecule has 38 heavy (non-hydrogen) atoms. The van der Waals surface area contributed by atoms with Crippen molar-refractivity contribution in [3.63, 3.8) is 0 Å². The number of anilines is 1. The molecule has 0 aromatic heterocycles. The van der Waals surface area contributed by atoms with E-state index < -0.39 is 54.7 Å². The van der Waals surface area contributed by atoms with Gasteiger partial charge < -0.3 is 21.1 Å². The predicted octanol–water partition coefficient (Wildman–Crippen LogP) is 3.79. The largest absolute Gasteiger partial charge is 0.495 e. The van der Waals surface area contributed by atoms with Gasteiger partial charge in [-0.25, -0.2) is 4.99 Å². The monoisotopic (exact) mass is 530 g/mol. The molecule has 0 spiro atoms. The fourth-order valence-corrected chi connectivity index (χ4v) is 4.67. The summed E-state index contributed by atoms with van der Waals surface area (Å²) in [5.41, 5.74) is 7.45. The lowest BCUT2D eigenvalue weighted by molar-refractivity contribution is -0.146. The molecule has 4 rings (SSSR count). The van der Waals surface area contributed by atoms with E-state index in [4.69, 9.17) is 10.5 Å². The quantitative estimate of drug-likeness (QED) is 0.433.